The maximum absolute atomic E-state index is 11.1. The third kappa shape index (κ3) is 9.24. The van der Waals surface area contributed by atoms with E-state index < -0.39 is 26.5 Å². The van der Waals surface area contributed by atoms with Crippen LogP contribution in [0, 0.1) is 5.92 Å². The van der Waals surface area contributed by atoms with Crippen LogP contribution in [-0.2, 0) is 18.6 Å². The smallest absolute Gasteiger partial charge is 0.192 e. The minimum atomic E-state index is -2.13. The van der Waals surface area contributed by atoms with Gasteiger partial charge in [0, 0.05) is 24.0 Å². The van der Waals surface area contributed by atoms with Crippen molar-refractivity contribution in [2.24, 2.45) is 5.92 Å². The summed E-state index contributed by atoms with van der Waals surface area (Å²) in [5.41, 5.74) is 1.37. The molecule has 0 spiro atoms. The molecule has 226 valence electrons. The van der Waals surface area contributed by atoms with Crippen LogP contribution in [0.2, 0.25) is 18.1 Å². The molecule has 0 saturated carbocycles. The molecule has 1 heterocycles. The largest absolute Gasteiger partial charge is 0.497 e. The molecule has 1 saturated heterocycles. The summed E-state index contributed by atoms with van der Waals surface area (Å²) in [6.07, 6.45) is 3.13. The number of ether oxygens (including phenoxy) is 4. The molecular formula is C32H51IO6Si. The van der Waals surface area contributed by atoms with Gasteiger partial charge in [0.15, 0.2) is 20.9 Å². The summed E-state index contributed by atoms with van der Waals surface area (Å²) in [6.45, 7) is 25.2. The van der Waals surface area contributed by atoms with Gasteiger partial charge in [0.25, 0.3) is 0 Å². The van der Waals surface area contributed by atoms with E-state index in [1.165, 1.54) is 0 Å². The first kappa shape index (κ1) is 35.2. The Bertz CT molecular complexity index is 988. The van der Waals surface area contributed by atoms with Crippen molar-refractivity contribution < 1.29 is 28.5 Å². The second-order valence-corrected chi connectivity index (χ2v) is 17.9. The Morgan fingerprint density at radius 2 is 1.85 bits per heavy atom. The molecule has 0 bridgehead atoms. The van der Waals surface area contributed by atoms with E-state index in [1.54, 1.807) is 7.11 Å². The number of hydrogen-bond acceptors (Lipinski definition) is 6. The lowest BCUT2D eigenvalue weighted by Crippen LogP contribution is -2.46. The van der Waals surface area contributed by atoms with Crippen LogP contribution >= 0.6 is 22.6 Å². The molecule has 1 aromatic rings. The Kier molecular flexibility index (Phi) is 13.1. The van der Waals surface area contributed by atoms with Crippen LogP contribution in [-0.4, -0.2) is 50.7 Å². The minimum absolute atomic E-state index is 0.0253. The van der Waals surface area contributed by atoms with Crippen LogP contribution in [0.1, 0.15) is 72.7 Å². The zero-order valence-corrected chi connectivity index (χ0v) is 29.1. The molecule has 6 nitrogen and oxygen atoms in total. The Hall–Kier alpha value is -1.01. The number of hydrogen-bond donors (Lipinski definition) is 1. The van der Waals surface area contributed by atoms with Crippen molar-refractivity contribution in [3.05, 3.63) is 64.8 Å². The van der Waals surface area contributed by atoms with Crippen molar-refractivity contribution in [2.45, 2.75) is 115 Å². The van der Waals surface area contributed by atoms with Gasteiger partial charge in [-0.25, -0.2) is 0 Å². The van der Waals surface area contributed by atoms with E-state index >= 15 is 0 Å². The standard InChI is InChI=1S/C32H51IO6Si/c1-12-22(3)29(23(4)21-33)37-28(34)20-26(39-40(10,11)31(5,6)7)18-19-32(8)27(13-2)36-30(38-32)24-14-16-25(35-9)17-15-24/h12-17,21-22,26-30,34H,1-2,18-20H2,3-11H3/b23-21+/t22-,26?,27-,28?,29-,30?,32+/m0/s1. The monoisotopic (exact) mass is 686 g/mol. The fraction of sp³-hybridized carbons (Fsp3) is 0.625. The van der Waals surface area contributed by atoms with Crippen molar-refractivity contribution >= 4 is 30.9 Å². The summed E-state index contributed by atoms with van der Waals surface area (Å²) in [5.74, 6) is 0.844. The molecule has 1 fully saturated rings. The molecule has 0 amide bonds. The average molecular weight is 687 g/mol. The van der Waals surface area contributed by atoms with Crippen LogP contribution in [0.3, 0.4) is 0 Å². The average Bonchev–Trinajstić information content (AvgIpc) is 3.25. The van der Waals surface area contributed by atoms with Crippen molar-refractivity contribution in [2.75, 3.05) is 7.11 Å². The van der Waals surface area contributed by atoms with Gasteiger partial charge in [0.2, 0.25) is 0 Å². The molecule has 3 unspecified atom stereocenters. The fourth-order valence-electron chi connectivity index (χ4n) is 4.58. The first-order valence-electron chi connectivity index (χ1n) is 14.1. The maximum Gasteiger partial charge on any atom is 0.192 e. The zero-order valence-electron chi connectivity index (χ0n) is 25.9. The van der Waals surface area contributed by atoms with Crippen LogP contribution < -0.4 is 4.74 Å². The highest BCUT2D eigenvalue weighted by molar-refractivity contribution is 14.1. The molecule has 7 atom stereocenters. The first-order chi connectivity index (χ1) is 18.6. The highest BCUT2D eigenvalue weighted by Gasteiger charge is 2.46. The SMILES string of the molecule is C=C[C@@H]1OC(c2ccc(OC)cc2)O[C@]1(C)CCC(CC(O)O[C@H](/C(C)=C/I)[C@@H](C)C=C)O[Si](C)(C)C(C)(C)C. The normalized spacial score (nSPS) is 25.2. The number of benzene rings is 1. The predicted molar refractivity (Wildman–Crippen MR) is 174 cm³/mol. The third-order valence-electron chi connectivity index (χ3n) is 8.32. The quantitative estimate of drug-likeness (QED) is 0.0865. The highest BCUT2D eigenvalue weighted by atomic mass is 127. The summed E-state index contributed by atoms with van der Waals surface area (Å²) in [6, 6.07) is 7.72. The van der Waals surface area contributed by atoms with Gasteiger partial charge in [-0.3, -0.25) is 0 Å². The van der Waals surface area contributed by atoms with E-state index in [0.717, 1.165) is 16.9 Å². The van der Waals surface area contributed by atoms with Gasteiger partial charge >= 0.3 is 0 Å². The van der Waals surface area contributed by atoms with Gasteiger partial charge in [-0.15, -0.1) is 13.2 Å². The number of methoxy groups -OCH3 is 1. The van der Waals surface area contributed by atoms with Crippen molar-refractivity contribution in [1.29, 1.82) is 0 Å². The van der Waals surface area contributed by atoms with E-state index in [0.29, 0.717) is 19.3 Å². The lowest BCUT2D eigenvalue weighted by Gasteiger charge is -2.40. The Morgan fingerprint density at radius 3 is 2.35 bits per heavy atom. The molecule has 2 rings (SSSR count). The van der Waals surface area contributed by atoms with Crippen LogP contribution in [0.4, 0.5) is 0 Å². The molecule has 1 aliphatic heterocycles. The highest BCUT2D eigenvalue weighted by Crippen LogP contribution is 2.43. The summed E-state index contributed by atoms with van der Waals surface area (Å²) >= 11 is 2.21. The molecular weight excluding hydrogens is 635 g/mol. The van der Waals surface area contributed by atoms with E-state index in [2.05, 4.69) is 76.5 Å². The van der Waals surface area contributed by atoms with Crippen molar-refractivity contribution in [3.8, 4) is 5.75 Å². The fourth-order valence-corrected chi connectivity index (χ4v) is 6.33. The second-order valence-electron chi connectivity index (χ2n) is 12.6. The topological polar surface area (TPSA) is 66.4 Å². The Morgan fingerprint density at radius 1 is 1.23 bits per heavy atom. The summed E-state index contributed by atoms with van der Waals surface area (Å²) in [5, 5.41) is 11.2. The molecule has 0 radical (unpaired) electrons. The number of aliphatic hydroxyl groups is 1. The van der Waals surface area contributed by atoms with Gasteiger partial charge in [-0.05, 0) is 66.6 Å². The second kappa shape index (κ2) is 14.9. The molecule has 0 aliphatic carbocycles. The molecule has 1 aliphatic rings. The van der Waals surface area contributed by atoms with Gasteiger partial charge in [0.05, 0.1) is 18.8 Å². The molecule has 1 aromatic carbocycles. The van der Waals surface area contributed by atoms with Gasteiger partial charge in [-0.1, -0.05) is 74.6 Å². The van der Waals surface area contributed by atoms with Crippen LogP contribution in [0.25, 0.3) is 0 Å². The third-order valence-corrected chi connectivity index (χ3v) is 13.8. The molecule has 0 aromatic heterocycles. The van der Waals surface area contributed by atoms with Crippen molar-refractivity contribution in [1.82, 2.24) is 0 Å². The molecule has 1 N–H and O–H groups in total. The Balaban J connectivity index is 2.23. The maximum atomic E-state index is 11.1. The van der Waals surface area contributed by atoms with Gasteiger partial charge in [-0.2, -0.15) is 0 Å². The summed E-state index contributed by atoms with van der Waals surface area (Å²) in [7, 11) is -0.486. The molecule has 40 heavy (non-hydrogen) atoms. The summed E-state index contributed by atoms with van der Waals surface area (Å²) < 4.78 is 33.1. The number of rotatable bonds is 15. The zero-order chi connectivity index (χ0) is 30.3. The van der Waals surface area contributed by atoms with Gasteiger partial charge in [0.1, 0.15) is 11.9 Å². The predicted octanol–water partition coefficient (Wildman–Crippen LogP) is 8.48. The van der Waals surface area contributed by atoms with E-state index in [9.17, 15) is 5.11 Å². The lowest BCUT2D eigenvalue weighted by molar-refractivity contribution is -0.150. The molecule has 8 heteroatoms. The van der Waals surface area contributed by atoms with Gasteiger partial charge < -0.3 is 28.5 Å². The van der Waals surface area contributed by atoms with E-state index in [4.69, 9.17) is 23.4 Å². The minimum Gasteiger partial charge on any atom is -0.497 e. The van der Waals surface area contributed by atoms with E-state index in [-0.39, 0.29) is 29.3 Å². The first-order valence-corrected chi connectivity index (χ1v) is 18.3. The number of aliphatic hydroxyl groups excluding tert-OH is 1. The van der Waals surface area contributed by atoms with Crippen molar-refractivity contribution in [3.63, 3.8) is 0 Å². The lowest BCUT2D eigenvalue weighted by atomic mass is 9.91. The van der Waals surface area contributed by atoms with E-state index in [1.807, 2.05) is 54.3 Å². The summed E-state index contributed by atoms with van der Waals surface area (Å²) in [4.78, 5) is 0. The number of halogens is 1. The van der Waals surface area contributed by atoms with Crippen LogP contribution in [0.5, 0.6) is 5.75 Å². The Labute approximate surface area is 257 Å². The van der Waals surface area contributed by atoms with Crippen LogP contribution in [0.15, 0.2) is 59.2 Å².